The molecule has 0 radical (unpaired) electrons. The van der Waals surface area contributed by atoms with E-state index in [0.29, 0.717) is 24.4 Å². The van der Waals surface area contributed by atoms with Gasteiger partial charge < -0.3 is 9.47 Å². The number of rotatable bonds is 9. The summed E-state index contributed by atoms with van der Waals surface area (Å²) in [6, 6.07) is 21.2. The van der Waals surface area contributed by atoms with Gasteiger partial charge in [-0.25, -0.2) is 0 Å². The molecule has 1 aliphatic rings. The molecule has 0 saturated carbocycles. The summed E-state index contributed by atoms with van der Waals surface area (Å²) >= 11 is 0. The summed E-state index contributed by atoms with van der Waals surface area (Å²) in [6.45, 7) is 11.6. The van der Waals surface area contributed by atoms with Gasteiger partial charge in [0.1, 0.15) is 0 Å². The summed E-state index contributed by atoms with van der Waals surface area (Å²) in [5.74, 6) is 1.42. The van der Waals surface area contributed by atoms with Crippen molar-refractivity contribution in [3.05, 3.63) is 84.4 Å². The van der Waals surface area contributed by atoms with Gasteiger partial charge in [-0.15, -0.1) is 6.58 Å². The Labute approximate surface area is 176 Å². The van der Waals surface area contributed by atoms with Gasteiger partial charge in [0.15, 0.2) is 0 Å². The van der Waals surface area contributed by atoms with Crippen LogP contribution in [-0.2, 0) is 22.5 Å². The van der Waals surface area contributed by atoms with Crippen molar-refractivity contribution in [3.63, 3.8) is 0 Å². The Morgan fingerprint density at radius 2 is 1.59 bits per heavy atom. The third kappa shape index (κ3) is 5.81. The third-order valence-electron chi connectivity index (χ3n) is 6.54. The van der Waals surface area contributed by atoms with Crippen LogP contribution >= 0.6 is 0 Å². The molecule has 0 amide bonds. The second-order valence-corrected chi connectivity index (χ2v) is 8.64. The fourth-order valence-electron chi connectivity index (χ4n) is 4.58. The molecule has 0 aliphatic carbocycles. The van der Waals surface area contributed by atoms with Crippen LogP contribution in [0.5, 0.6) is 0 Å². The maximum atomic E-state index is 6.66. The summed E-state index contributed by atoms with van der Waals surface area (Å²) in [6.07, 6.45) is 5.48. The standard InChI is InChI=1S/C27H36O2/c1-5-12-25-27(28-19-24-15-10-7-11-16-24)22(4)21(3)26(29-25)20(2)17-18-23-13-8-6-9-14-23/h5-11,13-16,20-22,25-27H,1,12,17-19H2,2-4H3/t20-,21+,22+,25+,26?,27?/m1/s1. The van der Waals surface area contributed by atoms with Crippen molar-refractivity contribution < 1.29 is 9.47 Å². The zero-order chi connectivity index (χ0) is 20.6. The number of hydrogen-bond donors (Lipinski definition) is 0. The molecule has 2 heteroatoms. The predicted octanol–water partition coefficient (Wildman–Crippen LogP) is 6.46. The highest BCUT2D eigenvalue weighted by atomic mass is 16.6. The Kier molecular flexibility index (Phi) is 8.09. The minimum atomic E-state index is 0.0755. The summed E-state index contributed by atoms with van der Waals surface area (Å²) < 4.78 is 13.1. The Morgan fingerprint density at radius 1 is 0.966 bits per heavy atom. The van der Waals surface area contributed by atoms with Gasteiger partial charge >= 0.3 is 0 Å². The molecule has 1 aliphatic heterocycles. The first-order valence-corrected chi connectivity index (χ1v) is 11.1. The zero-order valence-corrected chi connectivity index (χ0v) is 18.2. The molecular weight excluding hydrogens is 356 g/mol. The average molecular weight is 393 g/mol. The van der Waals surface area contributed by atoms with E-state index < -0.39 is 0 Å². The van der Waals surface area contributed by atoms with Gasteiger partial charge in [0.25, 0.3) is 0 Å². The number of hydrogen-bond acceptors (Lipinski definition) is 2. The SMILES string of the molecule is C=CC[C@@H]1OC([C@H](C)CCc2ccccc2)[C@@H](C)[C@H](C)C1OCc1ccccc1. The molecule has 29 heavy (non-hydrogen) atoms. The molecule has 6 atom stereocenters. The second kappa shape index (κ2) is 10.8. The van der Waals surface area contributed by atoms with Crippen molar-refractivity contribution in [2.45, 2.75) is 65.0 Å². The van der Waals surface area contributed by atoms with Crippen molar-refractivity contribution in [1.29, 1.82) is 0 Å². The first kappa shape index (κ1) is 21.8. The molecule has 2 aromatic carbocycles. The summed E-state index contributed by atoms with van der Waals surface area (Å²) in [5.41, 5.74) is 2.62. The number of benzene rings is 2. The summed E-state index contributed by atoms with van der Waals surface area (Å²) in [5, 5.41) is 0. The fourth-order valence-corrected chi connectivity index (χ4v) is 4.58. The van der Waals surface area contributed by atoms with Crippen LogP contribution in [0.2, 0.25) is 0 Å². The number of ether oxygens (including phenoxy) is 2. The van der Waals surface area contributed by atoms with E-state index >= 15 is 0 Å². The largest absolute Gasteiger partial charge is 0.371 e. The van der Waals surface area contributed by atoms with Crippen LogP contribution in [0.25, 0.3) is 0 Å². The topological polar surface area (TPSA) is 18.5 Å². The van der Waals surface area contributed by atoms with Crippen LogP contribution in [0.3, 0.4) is 0 Å². The molecule has 1 heterocycles. The lowest BCUT2D eigenvalue weighted by atomic mass is 9.75. The van der Waals surface area contributed by atoms with Crippen LogP contribution in [0.1, 0.15) is 44.7 Å². The normalized spacial score (nSPS) is 28.0. The predicted molar refractivity (Wildman–Crippen MR) is 121 cm³/mol. The van der Waals surface area contributed by atoms with E-state index in [1.54, 1.807) is 0 Å². The van der Waals surface area contributed by atoms with Crippen LogP contribution in [0.4, 0.5) is 0 Å². The molecule has 2 nitrogen and oxygen atoms in total. The Balaban J connectivity index is 1.63. The van der Waals surface area contributed by atoms with E-state index in [-0.39, 0.29) is 18.3 Å². The van der Waals surface area contributed by atoms with Crippen LogP contribution < -0.4 is 0 Å². The Hall–Kier alpha value is -1.90. The summed E-state index contributed by atoms with van der Waals surface area (Å²) in [7, 11) is 0. The highest BCUT2D eigenvalue weighted by Gasteiger charge is 2.43. The molecular formula is C27H36O2. The lowest BCUT2D eigenvalue weighted by Gasteiger charge is -2.46. The molecule has 1 fully saturated rings. The van der Waals surface area contributed by atoms with Gasteiger partial charge in [0.05, 0.1) is 24.9 Å². The van der Waals surface area contributed by atoms with E-state index in [2.05, 4.69) is 81.9 Å². The summed E-state index contributed by atoms with van der Waals surface area (Å²) in [4.78, 5) is 0. The van der Waals surface area contributed by atoms with Crippen molar-refractivity contribution in [2.75, 3.05) is 0 Å². The molecule has 2 aromatic rings. The minimum Gasteiger partial charge on any atom is -0.371 e. The van der Waals surface area contributed by atoms with Gasteiger partial charge in [-0.2, -0.15) is 0 Å². The van der Waals surface area contributed by atoms with Crippen LogP contribution in [0, 0.1) is 17.8 Å². The van der Waals surface area contributed by atoms with Crippen molar-refractivity contribution in [3.8, 4) is 0 Å². The van der Waals surface area contributed by atoms with Crippen LogP contribution in [0.15, 0.2) is 73.3 Å². The first-order chi connectivity index (χ1) is 14.1. The molecule has 2 unspecified atom stereocenters. The van der Waals surface area contributed by atoms with Gasteiger partial charge in [0.2, 0.25) is 0 Å². The minimum absolute atomic E-state index is 0.0755. The Morgan fingerprint density at radius 3 is 2.21 bits per heavy atom. The quantitative estimate of drug-likeness (QED) is 0.456. The van der Waals surface area contributed by atoms with Gasteiger partial charge in [-0.1, -0.05) is 87.5 Å². The van der Waals surface area contributed by atoms with Crippen molar-refractivity contribution >= 4 is 0 Å². The maximum Gasteiger partial charge on any atom is 0.0877 e. The lowest BCUT2D eigenvalue weighted by molar-refractivity contribution is -0.201. The van der Waals surface area contributed by atoms with E-state index in [4.69, 9.17) is 9.47 Å². The van der Waals surface area contributed by atoms with E-state index in [0.717, 1.165) is 19.3 Å². The highest BCUT2D eigenvalue weighted by Crippen LogP contribution is 2.38. The molecule has 0 bridgehead atoms. The lowest BCUT2D eigenvalue weighted by Crippen LogP contribution is -2.52. The van der Waals surface area contributed by atoms with E-state index in [1.807, 2.05) is 12.1 Å². The first-order valence-electron chi connectivity index (χ1n) is 11.1. The molecule has 0 aromatic heterocycles. The van der Waals surface area contributed by atoms with Gasteiger partial charge in [-0.3, -0.25) is 0 Å². The smallest absolute Gasteiger partial charge is 0.0877 e. The second-order valence-electron chi connectivity index (χ2n) is 8.64. The molecule has 3 rings (SSSR count). The average Bonchev–Trinajstić information content (AvgIpc) is 2.76. The van der Waals surface area contributed by atoms with Gasteiger partial charge in [-0.05, 0) is 48.1 Å². The number of aryl methyl sites for hydroxylation is 1. The van der Waals surface area contributed by atoms with E-state index in [9.17, 15) is 0 Å². The van der Waals surface area contributed by atoms with Gasteiger partial charge in [0, 0.05) is 0 Å². The van der Waals surface area contributed by atoms with Crippen molar-refractivity contribution in [2.24, 2.45) is 17.8 Å². The molecule has 0 N–H and O–H groups in total. The maximum absolute atomic E-state index is 6.66. The zero-order valence-electron chi connectivity index (χ0n) is 18.2. The Bertz CT molecular complexity index is 727. The molecule has 156 valence electrons. The molecule has 1 saturated heterocycles. The highest BCUT2D eigenvalue weighted by molar-refractivity contribution is 5.15. The third-order valence-corrected chi connectivity index (χ3v) is 6.54. The van der Waals surface area contributed by atoms with Crippen molar-refractivity contribution in [1.82, 2.24) is 0 Å². The van der Waals surface area contributed by atoms with E-state index in [1.165, 1.54) is 11.1 Å². The fraction of sp³-hybridized carbons (Fsp3) is 0.481. The molecule has 0 spiro atoms. The monoisotopic (exact) mass is 392 g/mol. The van der Waals surface area contributed by atoms with Crippen LogP contribution in [-0.4, -0.2) is 18.3 Å².